The van der Waals surface area contributed by atoms with Crippen LogP contribution in [0.1, 0.15) is 25.5 Å². The maximum absolute atomic E-state index is 5.96. The Kier molecular flexibility index (Phi) is 2.91. The molecule has 2 atom stereocenters. The molecule has 0 radical (unpaired) electrons. The van der Waals surface area contributed by atoms with Crippen molar-refractivity contribution < 1.29 is 0 Å². The van der Waals surface area contributed by atoms with E-state index >= 15 is 0 Å². The Morgan fingerprint density at radius 1 is 1.53 bits per heavy atom. The van der Waals surface area contributed by atoms with Gasteiger partial charge in [-0.15, -0.1) is 0 Å². The lowest BCUT2D eigenvalue weighted by atomic mass is 9.98. The lowest BCUT2D eigenvalue weighted by Crippen LogP contribution is -2.45. The first-order valence-corrected chi connectivity index (χ1v) is 5.61. The summed E-state index contributed by atoms with van der Waals surface area (Å²) in [6.07, 6.45) is 4.05. The fourth-order valence-electron chi connectivity index (χ4n) is 2.30. The van der Waals surface area contributed by atoms with E-state index in [4.69, 9.17) is 5.73 Å². The molecule has 1 saturated heterocycles. The maximum atomic E-state index is 5.96. The number of nitrogens with two attached hydrogens (primary N) is 1. The molecular formula is C12H19N3. The first-order valence-electron chi connectivity index (χ1n) is 5.61. The summed E-state index contributed by atoms with van der Waals surface area (Å²) in [5.74, 6) is 0. The summed E-state index contributed by atoms with van der Waals surface area (Å²) in [4.78, 5) is 6.65. The number of anilines is 1. The molecule has 2 N–H and O–H groups in total. The van der Waals surface area contributed by atoms with Crippen LogP contribution in [-0.4, -0.2) is 23.6 Å². The Morgan fingerprint density at radius 2 is 2.33 bits per heavy atom. The Bertz CT molecular complexity index is 337. The second-order valence-electron chi connectivity index (χ2n) is 4.48. The molecule has 0 amide bonds. The first-order chi connectivity index (χ1) is 7.16. The third-order valence-electron chi connectivity index (χ3n) is 3.13. The molecule has 3 nitrogen and oxygen atoms in total. The second-order valence-corrected chi connectivity index (χ2v) is 4.48. The van der Waals surface area contributed by atoms with Crippen LogP contribution in [0.2, 0.25) is 0 Å². The van der Waals surface area contributed by atoms with Gasteiger partial charge in [-0.2, -0.15) is 0 Å². The third kappa shape index (κ3) is 2.29. The summed E-state index contributed by atoms with van der Waals surface area (Å²) in [6.45, 7) is 5.34. The van der Waals surface area contributed by atoms with E-state index in [0.29, 0.717) is 12.1 Å². The number of hydrogen-bond donors (Lipinski definition) is 1. The van der Waals surface area contributed by atoms with E-state index in [-0.39, 0.29) is 0 Å². The lowest BCUT2D eigenvalue weighted by molar-refractivity contribution is 0.429. The van der Waals surface area contributed by atoms with Crippen molar-refractivity contribution in [2.45, 2.75) is 38.8 Å². The standard InChI is InChI=1S/C12H19N3/c1-9-7-12(3-5-14-9)15-6-4-11(13)8-10(15)2/h3,5,7,10-11H,4,6,8,13H2,1-2H3. The summed E-state index contributed by atoms with van der Waals surface area (Å²) in [5, 5.41) is 0. The Labute approximate surface area is 91.3 Å². The molecule has 1 aromatic heterocycles. The van der Waals surface area contributed by atoms with Gasteiger partial charge >= 0.3 is 0 Å². The monoisotopic (exact) mass is 205 g/mol. The predicted molar refractivity (Wildman–Crippen MR) is 63.0 cm³/mol. The van der Waals surface area contributed by atoms with Gasteiger partial charge in [-0.05, 0) is 38.8 Å². The minimum atomic E-state index is 0.374. The molecule has 82 valence electrons. The molecule has 0 aliphatic carbocycles. The number of rotatable bonds is 1. The van der Waals surface area contributed by atoms with Crippen molar-refractivity contribution in [2.75, 3.05) is 11.4 Å². The number of pyridine rings is 1. The highest BCUT2D eigenvalue weighted by molar-refractivity contribution is 5.47. The molecule has 1 aliphatic rings. The SMILES string of the molecule is Cc1cc(N2CCC(N)CC2C)ccn1. The van der Waals surface area contributed by atoms with Crippen molar-refractivity contribution in [3.8, 4) is 0 Å². The molecule has 0 spiro atoms. The molecule has 0 aromatic carbocycles. The van der Waals surface area contributed by atoms with E-state index in [0.717, 1.165) is 25.1 Å². The van der Waals surface area contributed by atoms with Crippen molar-refractivity contribution in [2.24, 2.45) is 5.73 Å². The smallest absolute Gasteiger partial charge is 0.0402 e. The summed E-state index contributed by atoms with van der Waals surface area (Å²) in [6, 6.07) is 5.14. The lowest BCUT2D eigenvalue weighted by Gasteiger charge is -2.38. The predicted octanol–water partition coefficient (Wildman–Crippen LogP) is 1.71. The van der Waals surface area contributed by atoms with Crippen LogP contribution in [0.5, 0.6) is 0 Å². The van der Waals surface area contributed by atoms with Crippen LogP contribution in [0.3, 0.4) is 0 Å². The van der Waals surface area contributed by atoms with Gasteiger partial charge < -0.3 is 10.6 Å². The molecule has 2 unspecified atom stereocenters. The largest absolute Gasteiger partial charge is 0.369 e. The van der Waals surface area contributed by atoms with Crippen LogP contribution in [0.25, 0.3) is 0 Å². The summed E-state index contributed by atoms with van der Waals surface area (Å²) < 4.78 is 0. The second kappa shape index (κ2) is 4.19. The fraction of sp³-hybridized carbons (Fsp3) is 0.583. The van der Waals surface area contributed by atoms with Gasteiger partial charge in [0.25, 0.3) is 0 Å². The number of aryl methyl sites for hydroxylation is 1. The van der Waals surface area contributed by atoms with E-state index in [2.05, 4.69) is 28.9 Å². The van der Waals surface area contributed by atoms with Gasteiger partial charge in [-0.25, -0.2) is 0 Å². The van der Waals surface area contributed by atoms with Gasteiger partial charge in [0.1, 0.15) is 0 Å². The van der Waals surface area contributed by atoms with Crippen molar-refractivity contribution in [1.82, 2.24) is 4.98 Å². The number of hydrogen-bond acceptors (Lipinski definition) is 3. The van der Waals surface area contributed by atoms with Gasteiger partial charge in [0, 0.05) is 36.2 Å². The van der Waals surface area contributed by atoms with Gasteiger partial charge in [-0.1, -0.05) is 0 Å². The maximum Gasteiger partial charge on any atom is 0.0402 e. The summed E-state index contributed by atoms with van der Waals surface area (Å²) in [7, 11) is 0. The zero-order valence-corrected chi connectivity index (χ0v) is 9.48. The third-order valence-corrected chi connectivity index (χ3v) is 3.13. The molecule has 2 heterocycles. The molecule has 1 aromatic rings. The van der Waals surface area contributed by atoms with Crippen molar-refractivity contribution in [1.29, 1.82) is 0 Å². The van der Waals surface area contributed by atoms with Crippen molar-refractivity contribution in [3.05, 3.63) is 24.0 Å². The topological polar surface area (TPSA) is 42.1 Å². The fourth-order valence-corrected chi connectivity index (χ4v) is 2.30. The Hall–Kier alpha value is -1.09. The van der Waals surface area contributed by atoms with E-state index in [1.54, 1.807) is 0 Å². The van der Waals surface area contributed by atoms with Gasteiger partial charge in [0.15, 0.2) is 0 Å². The van der Waals surface area contributed by atoms with E-state index in [9.17, 15) is 0 Å². The molecule has 1 fully saturated rings. The number of piperidine rings is 1. The van der Waals surface area contributed by atoms with E-state index in [1.165, 1.54) is 5.69 Å². The average molecular weight is 205 g/mol. The normalized spacial score (nSPS) is 26.7. The highest BCUT2D eigenvalue weighted by atomic mass is 15.2. The molecule has 0 bridgehead atoms. The summed E-state index contributed by atoms with van der Waals surface area (Å²) >= 11 is 0. The quantitative estimate of drug-likeness (QED) is 0.759. The van der Waals surface area contributed by atoms with Crippen LogP contribution >= 0.6 is 0 Å². The molecule has 0 saturated carbocycles. The number of nitrogens with zero attached hydrogens (tertiary/aromatic N) is 2. The molecule has 15 heavy (non-hydrogen) atoms. The van der Waals surface area contributed by atoms with Gasteiger partial charge in [0.05, 0.1) is 0 Å². The van der Waals surface area contributed by atoms with E-state index < -0.39 is 0 Å². The average Bonchev–Trinajstić information content (AvgIpc) is 2.17. The minimum Gasteiger partial charge on any atom is -0.369 e. The van der Waals surface area contributed by atoms with Crippen molar-refractivity contribution in [3.63, 3.8) is 0 Å². The zero-order valence-electron chi connectivity index (χ0n) is 9.48. The Morgan fingerprint density at radius 3 is 3.00 bits per heavy atom. The van der Waals surface area contributed by atoms with Crippen LogP contribution in [0.15, 0.2) is 18.3 Å². The summed E-state index contributed by atoms with van der Waals surface area (Å²) in [5.41, 5.74) is 8.31. The number of aromatic nitrogens is 1. The van der Waals surface area contributed by atoms with Gasteiger partial charge in [-0.3, -0.25) is 4.98 Å². The highest BCUT2D eigenvalue weighted by Crippen LogP contribution is 2.23. The van der Waals surface area contributed by atoms with Crippen LogP contribution in [0, 0.1) is 6.92 Å². The van der Waals surface area contributed by atoms with Crippen LogP contribution in [-0.2, 0) is 0 Å². The van der Waals surface area contributed by atoms with Gasteiger partial charge in [0.2, 0.25) is 0 Å². The molecule has 1 aliphatic heterocycles. The zero-order chi connectivity index (χ0) is 10.8. The molecular weight excluding hydrogens is 186 g/mol. The minimum absolute atomic E-state index is 0.374. The Balaban J connectivity index is 2.17. The molecule has 2 rings (SSSR count). The van der Waals surface area contributed by atoms with Crippen LogP contribution in [0.4, 0.5) is 5.69 Å². The first kappa shape index (κ1) is 10.4. The van der Waals surface area contributed by atoms with Crippen LogP contribution < -0.4 is 10.6 Å². The van der Waals surface area contributed by atoms with E-state index in [1.807, 2.05) is 13.1 Å². The highest BCUT2D eigenvalue weighted by Gasteiger charge is 2.23. The van der Waals surface area contributed by atoms with Crippen molar-refractivity contribution >= 4 is 5.69 Å². The molecule has 3 heteroatoms.